The smallest absolute Gasteiger partial charge is 0.298 e. The van der Waals surface area contributed by atoms with Gasteiger partial charge in [-0.2, -0.15) is 82.4 Å². The van der Waals surface area contributed by atoms with Gasteiger partial charge in [-0.05, 0) is 251 Å². The number of hydrogen-bond acceptors (Lipinski definition) is 34. The quantitative estimate of drug-likeness (QED) is 0.0285. The Morgan fingerprint density at radius 2 is 0.760 bits per heavy atom. The Balaban J connectivity index is 0.000000507. The molecule has 0 saturated heterocycles. The van der Waals surface area contributed by atoms with E-state index in [4.69, 9.17) is 25.8 Å². The van der Waals surface area contributed by atoms with Crippen LogP contribution in [0.3, 0.4) is 0 Å². The van der Waals surface area contributed by atoms with Crippen molar-refractivity contribution < 1.29 is 52.9 Å². The lowest BCUT2D eigenvalue weighted by Crippen LogP contribution is -2.13. The van der Waals surface area contributed by atoms with Crippen molar-refractivity contribution in [1.82, 2.24) is 0 Å². The molecule has 0 aliphatic rings. The highest BCUT2D eigenvalue weighted by Crippen LogP contribution is 2.39. The number of benzene rings is 9. The number of anilines is 2. The largest absolute Gasteiger partial charge is 0.496 e. The molecule has 129 heavy (non-hydrogen) atoms. The molecule has 666 valence electrons. The van der Waals surface area contributed by atoms with E-state index in [1.165, 1.54) is 143 Å². The van der Waals surface area contributed by atoms with Crippen molar-refractivity contribution >= 4 is 120 Å². The predicted octanol–water partition coefficient (Wildman–Crippen LogP) is 24.1. The van der Waals surface area contributed by atoms with E-state index in [0.29, 0.717) is 56.3 Å². The first-order chi connectivity index (χ1) is 61.0. The maximum atomic E-state index is 11.7. The number of nitriles is 4. The van der Waals surface area contributed by atoms with Crippen LogP contribution in [-0.2, 0) is 11.2 Å². The zero-order chi connectivity index (χ0) is 97.6. The van der Waals surface area contributed by atoms with Crippen molar-refractivity contribution in [2.75, 3.05) is 80.8 Å². The second kappa shape index (κ2) is 54.7. The van der Waals surface area contributed by atoms with Crippen molar-refractivity contribution in [3.63, 3.8) is 0 Å². The number of carbonyl (C=O) groups excluding carboxylic acids is 8. The molecule has 9 aromatic rings. The number of ether oxygens (including phenoxy) is 1. The summed E-state index contributed by atoms with van der Waals surface area (Å²) >= 11 is 0. The number of nitro benzene ring substituents is 2. The third-order valence-electron chi connectivity index (χ3n) is 18.2. The summed E-state index contributed by atoms with van der Waals surface area (Å²) in [4.78, 5) is 111. The summed E-state index contributed by atoms with van der Waals surface area (Å²) < 4.78 is 5.07. The highest BCUT2D eigenvalue weighted by molar-refractivity contribution is 6.00. The van der Waals surface area contributed by atoms with Gasteiger partial charge in [-0.1, -0.05) is 6.92 Å². The maximum absolute atomic E-state index is 11.7. The van der Waals surface area contributed by atoms with Crippen LogP contribution in [0.4, 0.5) is 73.9 Å². The second-order valence-corrected chi connectivity index (χ2v) is 27.2. The van der Waals surface area contributed by atoms with E-state index in [1.807, 2.05) is 62.3 Å². The standard InChI is InChI=1S/C23H32N4O.C11H8N4O.C10H8N4O3.C10H9N3O.C10H12N2O2.C10H12N2O.C9H9N3O3.C9H10N2O/c1-10-19-11-21(20(24-18(7)28)12-22(19)27(8)9)25-26-23-16(5)14(3)13(2)15(4)17(23)6;1-7(16)8-3-9(5-12)11(15-14-2)10(4-8)6-13;1-6(15)7-3-8(5-11)10(13-12-2)9(4-7)14(16)17;1-7(14)8-3-4-10(13-12-2)9(5-8)6-11;1-7(13)9-5-4-8(12-11-2)6-10(9)14-3;1-7-6-9(12-11-3)4-5-10(7)8(2)13;1-6(13)7-3-4-8(11-10-2)9(5-7)12(14)15;1-7(12)8-3-5-9(6-4-8)11-10-2/h11-12H,10H2,1-9H3,(H,24,28);3-4H,1-2H3;3-4H,1-2H3;3-5H,1-2H3;4-6H,1-3H3;4-6H,1-3H3;3-5H,1-2H3;3-6H,1-2H3. The number of amides is 1. The first-order valence-corrected chi connectivity index (χ1v) is 38.7. The summed E-state index contributed by atoms with van der Waals surface area (Å²) in [7, 11) is 16.1. The molecule has 0 spiro atoms. The number of Topliss-reactive ketones (excluding diaryl/α,β-unsaturated/α-hetero) is 7. The minimum absolute atomic E-state index is 0.0261. The Morgan fingerprint density at radius 1 is 0.380 bits per heavy atom. The lowest BCUT2D eigenvalue weighted by Gasteiger charge is -2.20. The normalized spacial score (nSPS) is 10.5. The van der Waals surface area contributed by atoms with E-state index in [9.17, 15) is 58.6 Å². The summed E-state index contributed by atoms with van der Waals surface area (Å²) in [6.07, 6.45) is 0.872. The average molecular weight is 1750 g/mol. The molecule has 1 amide bonds. The van der Waals surface area contributed by atoms with Gasteiger partial charge in [-0.25, -0.2) is 0 Å². The number of methoxy groups -OCH3 is 1. The number of nitrogens with zero attached hydrogens (tertiary/aromatic N) is 23. The third-order valence-corrected chi connectivity index (χ3v) is 18.2. The third kappa shape index (κ3) is 33.5. The molecular formula is C92H100N24O13. The van der Waals surface area contributed by atoms with Crippen molar-refractivity contribution in [3.05, 3.63) is 254 Å². The van der Waals surface area contributed by atoms with Crippen LogP contribution in [0.25, 0.3) is 0 Å². The Kier molecular flexibility index (Phi) is 46.0. The van der Waals surface area contributed by atoms with Crippen LogP contribution in [0.15, 0.2) is 215 Å². The molecule has 0 fully saturated rings. The molecule has 0 heterocycles. The Labute approximate surface area is 747 Å². The molecule has 0 saturated carbocycles. The number of nitrogens with one attached hydrogen (secondary N) is 1. The van der Waals surface area contributed by atoms with Gasteiger partial charge in [0, 0.05) is 128 Å². The minimum atomic E-state index is -0.697. The maximum Gasteiger partial charge on any atom is 0.298 e. The number of nitro groups is 2. The molecule has 37 nitrogen and oxygen atoms in total. The van der Waals surface area contributed by atoms with Gasteiger partial charge < -0.3 is 15.0 Å². The molecule has 0 bridgehead atoms. The molecule has 9 aromatic carbocycles. The van der Waals surface area contributed by atoms with Gasteiger partial charge in [0.15, 0.2) is 51.9 Å². The van der Waals surface area contributed by atoms with E-state index in [2.05, 4.69) is 129 Å². The number of azo groups is 8. The monoisotopic (exact) mass is 1750 g/mol. The molecule has 37 heteroatoms. The fourth-order valence-corrected chi connectivity index (χ4v) is 11.3. The highest BCUT2D eigenvalue weighted by atomic mass is 16.6. The van der Waals surface area contributed by atoms with Crippen LogP contribution in [0.2, 0.25) is 0 Å². The van der Waals surface area contributed by atoms with Gasteiger partial charge in [-0.3, -0.25) is 58.6 Å². The van der Waals surface area contributed by atoms with E-state index in [-0.39, 0.29) is 97.0 Å². The van der Waals surface area contributed by atoms with Gasteiger partial charge in [0.1, 0.15) is 47.1 Å². The molecule has 0 aliphatic heterocycles. The average Bonchev–Trinajstić information content (AvgIpc) is 0.788. The lowest BCUT2D eigenvalue weighted by atomic mass is 9.93. The van der Waals surface area contributed by atoms with Crippen molar-refractivity contribution in [1.29, 1.82) is 21.0 Å². The summed E-state index contributed by atoms with van der Waals surface area (Å²) in [5.41, 5.74) is 17.7. The van der Waals surface area contributed by atoms with E-state index >= 15 is 0 Å². The van der Waals surface area contributed by atoms with Crippen LogP contribution in [0.5, 0.6) is 5.75 Å². The van der Waals surface area contributed by atoms with E-state index in [0.717, 1.165) is 63.1 Å². The fourth-order valence-electron chi connectivity index (χ4n) is 11.3. The second-order valence-electron chi connectivity index (χ2n) is 27.2. The van der Waals surface area contributed by atoms with Gasteiger partial charge in [0.25, 0.3) is 11.4 Å². The van der Waals surface area contributed by atoms with Gasteiger partial charge >= 0.3 is 0 Å². The van der Waals surface area contributed by atoms with Gasteiger partial charge in [0.05, 0.1) is 73.2 Å². The highest BCUT2D eigenvalue weighted by Gasteiger charge is 2.23. The first kappa shape index (κ1) is 108. The fraction of sp³-hybridized carbons (Fsp3) is 0.283. The summed E-state index contributed by atoms with van der Waals surface area (Å²) in [5, 5.41) is 120. The summed E-state index contributed by atoms with van der Waals surface area (Å²) in [6, 6.07) is 43.1. The molecule has 0 atom stereocenters. The molecule has 0 radical (unpaired) electrons. The Hall–Kier alpha value is -16.7. The zero-order valence-electron chi connectivity index (χ0n) is 76.5. The predicted molar refractivity (Wildman–Crippen MR) is 490 cm³/mol. The molecule has 0 aliphatic carbocycles. The first-order valence-electron chi connectivity index (χ1n) is 38.7. The van der Waals surface area contributed by atoms with Crippen LogP contribution < -0.4 is 15.0 Å². The number of rotatable bonds is 22. The molecular weight excluding hydrogens is 1650 g/mol. The molecule has 1 N–H and O–H groups in total. The van der Waals surface area contributed by atoms with Crippen LogP contribution >= 0.6 is 0 Å². The number of ketones is 7. The van der Waals surface area contributed by atoms with Crippen molar-refractivity contribution in [2.45, 2.75) is 110 Å². The Morgan fingerprint density at radius 3 is 1.17 bits per heavy atom. The number of hydrogen-bond donors (Lipinski definition) is 1. The van der Waals surface area contributed by atoms with Gasteiger partial charge in [0.2, 0.25) is 5.91 Å². The van der Waals surface area contributed by atoms with Gasteiger partial charge in [-0.15, -0.1) is 20.5 Å². The molecule has 9 rings (SSSR count). The van der Waals surface area contributed by atoms with E-state index < -0.39 is 15.5 Å². The summed E-state index contributed by atoms with van der Waals surface area (Å²) in [6.45, 7) is 26.1. The number of aryl methyl sites for hydroxylation is 2. The number of carbonyl (C=O) groups is 8. The van der Waals surface area contributed by atoms with Crippen LogP contribution in [0.1, 0.15) is 196 Å². The van der Waals surface area contributed by atoms with E-state index in [1.54, 1.807) is 101 Å². The summed E-state index contributed by atoms with van der Waals surface area (Å²) in [5.74, 6) is -0.325. The Bertz CT molecular complexity index is 6050. The lowest BCUT2D eigenvalue weighted by molar-refractivity contribution is -0.384. The molecule has 0 unspecified atom stereocenters. The van der Waals surface area contributed by atoms with Crippen LogP contribution in [-0.4, -0.2) is 127 Å². The minimum Gasteiger partial charge on any atom is -0.496 e. The zero-order valence-corrected chi connectivity index (χ0v) is 76.5. The van der Waals surface area contributed by atoms with Crippen molar-refractivity contribution in [2.24, 2.45) is 81.8 Å². The van der Waals surface area contributed by atoms with Crippen LogP contribution in [0, 0.1) is 107 Å². The van der Waals surface area contributed by atoms with Crippen molar-refractivity contribution in [3.8, 4) is 30.0 Å². The molecule has 0 aromatic heterocycles. The topological polar surface area (TPSA) is 540 Å². The SMILES string of the molecule is CCc1cc(N=Nc2c(C)c(C)c(C)c(C)c2C)c(NC(C)=O)cc1N(C)C.CN=Nc1c(C#N)cc(C(C)=O)cc1C#N.CN=Nc1c(C#N)cc(C(C)=O)cc1[N+](=O)[O-].CN=Nc1ccc(C(C)=O)c(C)c1.CN=Nc1ccc(C(C)=O)c(OC)c1.CN=Nc1ccc(C(C)=O)cc1.CN=Nc1ccc(C(C)=O)cc1C#N.CN=Nc1ccc(C(C)=O)cc1[N+](=O)[O-].